The lowest BCUT2D eigenvalue weighted by molar-refractivity contribution is -0.143. The van der Waals surface area contributed by atoms with Crippen LogP contribution in [0.5, 0.6) is 0 Å². The van der Waals surface area contributed by atoms with Crippen molar-refractivity contribution in [1.29, 1.82) is 0 Å². The number of amides is 2. The van der Waals surface area contributed by atoms with Crippen LogP contribution in [0, 0.1) is 5.92 Å². The summed E-state index contributed by atoms with van der Waals surface area (Å²) in [5, 5.41) is 14.5. The molecule has 0 saturated heterocycles. The van der Waals surface area contributed by atoms with Crippen LogP contribution in [0.25, 0.3) is 0 Å². The Morgan fingerprint density at radius 3 is 2.22 bits per heavy atom. The maximum absolute atomic E-state index is 12.2. The van der Waals surface area contributed by atoms with Gasteiger partial charge in [-0.25, -0.2) is 4.79 Å². The van der Waals surface area contributed by atoms with Gasteiger partial charge in [-0.2, -0.15) is 0 Å². The molecule has 3 unspecified atom stereocenters. The minimum atomic E-state index is -1.05. The zero-order chi connectivity index (χ0) is 17.4. The largest absolute Gasteiger partial charge is 0.480 e. The molecule has 0 spiro atoms. The van der Waals surface area contributed by atoms with Crippen LogP contribution in [-0.4, -0.2) is 28.9 Å². The van der Waals surface area contributed by atoms with E-state index in [9.17, 15) is 19.5 Å². The molecule has 0 radical (unpaired) electrons. The third-order valence-electron chi connectivity index (χ3n) is 3.76. The number of rotatable bonds is 8. The summed E-state index contributed by atoms with van der Waals surface area (Å²) in [4.78, 5) is 34.9. The summed E-state index contributed by atoms with van der Waals surface area (Å²) in [5.74, 6) is -1.88. The maximum Gasteiger partial charge on any atom is 0.326 e. The minimum absolute atomic E-state index is 0.0101. The standard InChI is InChI=1S/C17H24N2O4/c1-4-11(2)16(17(22)23)19-15(21)10-14(18-12(3)20)13-8-6-5-7-9-13/h5-9,11,14,16H,4,10H2,1-3H3,(H,18,20)(H,19,21)(H,22,23). The van der Waals surface area contributed by atoms with Gasteiger partial charge in [-0.05, 0) is 11.5 Å². The fourth-order valence-electron chi connectivity index (χ4n) is 2.28. The lowest BCUT2D eigenvalue weighted by atomic mass is 9.98. The van der Waals surface area contributed by atoms with Crippen molar-refractivity contribution in [2.24, 2.45) is 5.92 Å². The Morgan fingerprint density at radius 1 is 1.13 bits per heavy atom. The first-order valence-electron chi connectivity index (χ1n) is 7.69. The molecule has 0 heterocycles. The number of carbonyl (C=O) groups excluding carboxylic acids is 2. The first-order valence-corrected chi connectivity index (χ1v) is 7.69. The van der Waals surface area contributed by atoms with Crippen LogP contribution in [0.2, 0.25) is 0 Å². The highest BCUT2D eigenvalue weighted by atomic mass is 16.4. The smallest absolute Gasteiger partial charge is 0.326 e. The zero-order valence-corrected chi connectivity index (χ0v) is 13.7. The third-order valence-corrected chi connectivity index (χ3v) is 3.76. The molecule has 0 bridgehead atoms. The number of aliphatic carboxylic acids is 1. The summed E-state index contributed by atoms with van der Waals surface area (Å²) in [5.41, 5.74) is 0.799. The van der Waals surface area contributed by atoms with Crippen molar-refractivity contribution in [3.63, 3.8) is 0 Å². The molecule has 0 fully saturated rings. The average molecular weight is 320 g/mol. The molecule has 126 valence electrons. The van der Waals surface area contributed by atoms with Crippen molar-refractivity contribution in [1.82, 2.24) is 10.6 Å². The van der Waals surface area contributed by atoms with Gasteiger partial charge in [-0.15, -0.1) is 0 Å². The number of nitrogens with one attached hydrogen (secondary N) is 2. The van der Waals surface area contributed by atoms with E-state index in [4.69, 9.17) is 0 Å². The molecule has 0 aliphatic rings. The normalized spacial score (nSPS) is 14.4. The van der Waals surface area contributed by atoms with Gasteiger partial charge in [0.2, 0.25) is 11.8 Å². The number of benzene rings is 1. The van der Waals surface area contributed by atoms with Crippen LogP contribution in [0.4, 0.5) is 0 Å². The fraction of sp³-hybridized carbons (Fsp3) is 0.471. The molecule has 3 N–H and O–H groups in total. The zero-order valence-electron chi connectivity index (χ0n) is 13.7. The molecule has 1 rings (SSSR count). The van der Waals surface area contributed by atoms with Gasteiger partial charge in [0.25, 0.3) is 0 Å². The number of carboxylic acids is 1. The van der Waals surface area contributed by atoms with Crippen LogP contribution in [0.3, 0.4) is 0 Å². The molecule has 1 aromatic rings. The van der Waals surface area contributed by atoms with Gasteiger partial charge in [-0.3, -0.25) is 9.59 Å². The Kier molecular flexibility index (Phi) is 7.25. The summed E-state index contributed by atoms with van der Waals surface area (Å²) in [6.07, 6.45) is 0.634. The highest BCUT2D eigenvalue weighted by Crippen LogP contribution is 2.17. The highest BCUT2D eigenvalue weighted by molar-refractivity contribution is 5.84. The first-order chi connectivity index (χ1) is 10.8. The van der Waals surface area contributed by atoms with Gasteiger partial charge in [0.15, 0.2) is 0 Å². The predicted octanol–water partition coefficient (Wildman–Crippen LogP) is 1.87. The van der Waals surface area contributed by atoms with E-state index in [1.807, 2.05) is 37.3 Å². The number of carbonyl (C=O) groups is 3. The van der Waals surface area contributed by atoms with Gasteiger partial charge in [-0.1, -0.05) is 50.6 Å². The van der Waals surface area contributed by atoms with E-state index < -0.39 is 24.0 Å². The van der Waals surface area contributed by atoms with Crippen molar-refractivity contribution in [2.45, 2.75) is 45.7 Å². The van der Waals surface area contributed by atoms with E-state index in [1.165, 1.54) is 6.92 Å². The van der Waals surface area contributed by atoms with Crippen LogP contribution in [0.15, 0.2) is 30.3 Å². The average Bonchev–Trinajstić information content (AvgIpc) is 2.51. The van der Waals surface area contributed by atoms with Crippen LogP contribution >= 0.6 is 0 Å². The summed E-state index contributed by atoms with van der Waals surface area (Å²) < 4.78 is 0. The van der Waals surface area contributed by atoms with Crippen molar-refractivity contribution in [3.05, 3.63) is 35.9 Å². The molecule has 0 aliphatic heterocycles. The summed E-state index contributed by atoms with van der Waals surface area (Å²) in [6.45, 7) is 5.03. The minimum Gasteiger partial charge on any atom is -0.480 e. The van der Waals surface area contributed by atoms with Gasteiger partial charge < -0.3 is 15.7 Å². The van der Waals surface area contributed by atoms with E-state index in [-0.39, 0.29) is 18.2 Å². The Morgan fingerprint density at radius 2 is 1.74 bits per heavy atom. The van der Waals surface area contributed by atoms with Crippen LogP contribution < -0.4 is 10.6 Å². The summed E-state index contributed by atoms with van der Waals surface area (Å²) in [7, 11) is 0. The SMILES string of the molecule is CCC(C)C(NC(=O)CC(NC(C)=O)c1ccccc1)C(=O)O. The molecule has 23 heavy (non-hydrogen) atoms. The van der Waals surface area contributed by atoms with Gasteiger partial charge in [0.1, 0.15) is 6.04 Å². The van der Waals surface area contributed by atoms with Crippen molar-refractivity contribution < 1.29 is 19.5 Å². The van der Waals surface area contributed by atoms with Crippen molar-refractivity contribution in [2.75, 3.05) is 0 Å². The molecule has 6 heteroatoms. The quantitative estimate of drug-likeness (QED) is 0.681. The Balaban J connectivity index is 2.80. The molecule has 0 saturated carbocycles. The molecule has 0 aliphatic carbocycles. The Labute approximate surface area is 136 Å². The van der Waals surface area contributed by atoms with Gasteiger partial charge in [0.05, 0.1) is 12.5 Å². The highest BCUT2D eigenvalue weighted by Gasteiger charge is 2.26. The third kappa shape index (κ3) is 6.10. The molecule has 3 atom stereocenters. The molecular formula is C17H24N2O4. The second-order valence-corrected chi connectivity index (χ2v) is 5.64. The van der Waals surface area contributed by atoms with E-state index in [2.05, 4.69) is 10.6 Å². The molecule has 0 aromatic heterocycles. The monoisotopic (exact) mass is 320 g/mol. The maximum atomic E-state index is 12.2. The van der Waals surface area contributed by atoms with E-state index in [0.717, 1.165) is 5.56 Å². The number of hydrogen-bond donors (Lipinski definition) is 3. The van der Waals surface area contributed by atoms with E-state index in [0.29, 0.717) is 6.42 Å². The molecule has 6 nitrogen and oxygen atoms in total. The summed E-state index contributed by atoms with van der Waals surface area (Å²) >= 11 is 0. The van der Waals surface area contributed by atoms with E-state index >= 15 is 0 Å². The lowest BCUT2D eigenvalue weighted by Crippen LogP contribution is -2.46. The van der Waals surface area contributed by atoms with Crippen molar-refractivity contribution in [3.8, 4) is 0 Å². The molecule has 1 aromatic carbocycles. The molecule has 2 amide bonds. The van der Waals surface area contributed by atoms with E-state index in [1.54, 1.807) is 6.92 Å². The summed E-state index contributed by atoms with van der Waals surface area (Å²) in [6, 6.07) is 7.70. The molecular weight excluding hydrogens is 296 g/mol. The Hall–Kier alpha value is -2.37. The Bertz CT molecular complexity index is 545. The topological polar surface area (TPSA) is 95.5 Å². The first kappa shape index (κ1) is 18.7. The van der Waals surface area contributed by atoms with Crippen LogP contribution in [0.1, 0.15) is 45.2 Å². The second-order valence-electron chi connectivity index (χ2n) is 5.64. The lowest BCUT2D eigenvalue weighted by Gasteiger charge is -2.23. The van der Waals surface area contributed by atoms with Crippen LogP contribution in [-0.2, 0) is 14.4 Å². The van der Waals surface area contributed by atoms with Crippen molar-refractivity contribution >= 4 is 17.8 Å². The predicted molar refractivity (Wildman–Crippen MR) is 86.6 cm³/mol. The number of hydrogen-bond acceptors (Lipinski definition) is 3. The van der Waals surface area contributed by atoms with Gasteiger partial charge in [0, 0.05) is 6.92 Å². The van der Waals surface area contributed by atoms with Gasteiger partial charge >= 0.3 is 5.97 Å². The number of carboxylic acid groups (broad SMARTS) is 1. The second kappa shape index (κ2) is 8.92. The fourth-order valence-corrected chi connectivity index (χ4v) is 2.28.